The van der Waals surface area contributed by atoms with E-state index in [2.05, 4.69) is 25.4 Å². The lowest BCUT2D eigenvalue weighted by Crippen LogP contribution is -2.28. The Bertz CT molecular complexity index is 718. The Balaban J connectivity index is 2.07. The number of aromatic nitrogens is 4. The number of carbonyl (C=O) groups excluding carboxylic acids is 1. The average Bonchev–Trinajstić information content (AvgIpc) is 2.97. The third-order valence-corrected chi connectivity index (χ3v) is 2.93. The van der Waals surface area contributed by atoms with E-state index in [1.165, 1.54) is 0 Å². The number of amides is 1. The van der Waals surface area contributed by atoms with Gasteiger partial charge in [0.2, 0.25) is 5.89 Å². The van der Waals surface area contributed by atoms with Crippen molar-refractivity contribution in [1.82, 2.24) is 25.4 Å². The van der Waals surface area contributed by atoms with E-state index in [-0.39, 0.29) is 22.7 Å². The highest BCUT2D eigenvalue weighted by atomic mass is 16.5. The summed E-state index contributed by atoms with van der Waals surface area (Å²) in [7, 11) is 0. The lowest BCUT2D eigenvalue weighted by atomic mass is 9.96. The summed E-state index contributed by atoms with van der Waals surface area (Å²) in [6, 6.07) is -0.521. The highest BCUT2D eigenvalue weighted by molar-refractivity contribution is 5.92. The van der Waals surface area contributed by atoms with Gasteiger partial charge in [-0.15, -0.1) is 0 Å². The first-order valence-electron chi connectivity index (χ1n) is 6.89. The van der Waals surface area contributed by atoms with Gasteiger partial charge >= 0.3 is 5.97 Å². The standard InChI is InChI=1S/C14H17N5O4/c1-7(11-18-13(19-23-11)14(2,3)4)17-10(20)8-5-16-9(6-15-8)12(21)22/h5-7H,1-4H3,(H,17,20)(H,21,22). The molecule has 2 rings (SSSR count). The number of hydrogen-bond acceptors (Lipinski definition) is 7. The fourth-order valence-corrected chi connectivity index (χ4v) is 1.60. The minimum absolute atomic E-state index is 0.00240. The molecule has 23 heavy (non-hydrogen) atoms. The van der Waals surface area contributed by atoms with Crippen molar-refractivity contribution in [1.29, 1.82) is 0 Å². The van der Waals surface area contributed by atoms with Gasteiger partial charge in [-0.2, -0.15) is 4.98 Å². The van der Waals surface area contributed by atoms with Crippen molar-refractivity contribution < 1.29 is 19.2 Å². The number of hydrogen-bond donors (Lipinski definition) is 2. The number of rotatable bonds is 4. The number of carboxylic acids is 1. The molecule has 1 atom stereocenters. The van der Waals surface area contributed by atoms with Gasteiger partial charge in [-0.25, -0.2) is 14.8 Å². The molecule has 1 unspecified atom stereocenters. The maximum atomic E-state index is 12.1. The van der Waals surface area contributed by atoms with Crippen LogP contribution in [0.25, 0.3) is 0 Å². The fraction of sp³-hybridized carbons (Fsp3) is 0.429. The molecule has 0 aliphatic heterocycles. The first-order chi connectivity index (χ1) is 10.7. The van der Waals surface area contributed by atoms with Crippen molar-refractivity contribution >= 4 is 11.9 Å². The van der Waals surface area contributed by atoms with Crippen molar-refractivity contribution in [2.24, 2.45) is 0 Å². The summed E-state index contributed by atoms with van der Waals surface area (Å²) in [5, 5.41) is 15.3. The van der Waals surface area contributed by atoms with Crippen LogP contribution in [0.15, 0.2) is 16.9 Å². The molecular formula is C14H17N5O4. The molecule has 1 amide bonds. The quantitative estimate of drug-likeness (QED) is 0.863. The van der Waals surface area contributed by atoms with Crippen LogP contribution < -0.4 is 5.32 Å². The van der Waals surface area contributed by atoms with E-state index in [1.54, 1.807) is 6.92 Å². The van der Waals surface area contributed by atoms with Crippen LogP contribution in [0, 0.1) is 0 Å². The molecule has 2 aromatic rings. The van der Waals surface area contributed by atoms with Gasteiger partial charge in [-0.1, -0.05) is 25.9 Å². The zero-order valence-electron chi connectivity index (χ0n) is 13.2. The third kappa shape index (κ3) is 3.87. The maximum absolute atomic E-state index is 12.1. The SMILES string of the molecule is CC(NC(=O)c1cnc(C(=O)O)cn1)c1nc(C(C)(C)C)no1. The molecule has 0 aliphatic carbocycles. The second-order valence-electron chi connectivity index (χ2n) is 5.99. The van der Waals surface area contributed by atoms with E-state index < -0.39 is 17.9 Å². The Morgan fingerprint density at radius 2 is 1.83 bits per heavy atom. The number of aromatic carboxylic acids is 1. The van der Waals surface area contributed by atoms with Gasteiger partial charge in [0.1, 0.15) is 11.7 Å². The highest BCUT2D eigenvalue weighted by Gasteiger charge is 2.24. The van der Waals surface area contributed by atoms with Crippen LogP contribution >= 0.6 is 0 Å². The monoisotopic (exact) mass is 319 g/mol. The molecule has 0 saturated heterocycles. The Morgan fingerprint density at radius 3 is 2.30 bits per heavy atom. The summed E-state index contributed by atoms with van der Waals surface area (Å²) in [5.74, 6) is -0.909. The Morgan fingerprint density at radius 1 is 1.22 bits per heavy atom. The smallest absolute Gasteiger partial charge is 0.356 e. The predicted molar refractivity (Wildman–Crippen MR) is 77.9 cm³/mol. The van der Waals surface area contributed by atoms with Crippen LogP contribution in [0.2, 0.25) is 0 Å². The second-order valence-corrected chi connectivity index (χ2v) is 5.99. The molecule has 2 aromatic heterocycles. The van der Waals surface area contributed by atoms with Gasteiger partial charge in [0.15, 0.2) is 11.5 Å². The van der Waals surface area contributed by atoms with Crippen molar-refractivity contribution in [2.45, 2.75) is 39.2 Å². The number of carbonyl (C=O) groups is 2. The average molecular weight is 319 g/mol. The molecule has 9 nitrogen and oxygen atoms in total. The van der Waals surface area contributed by atoms with E-state index in [4.69, 9.17) is 9.63 Å². The van der Waals surface area contributed by atoms with E-state index >= 15 is 0 Å². The Hall–Kier alpha value is -2.84. The largest absolute Gasteiger partial charge is 0.476 e. The van der Waals surface area contributed by atoms with E-state index in [0.717, 1.165) is 12.4 Å². The summed E-state index contributed by atoms with van der Waals surface area (Å²) in [5.41, 5.74) is -0.498. The van der Waals surface area contributed by atoms with Gasteiger partial charge in [0, 0.05) is 5.41 Å². The van der Waals surface area contributed by atoms with Gasteiger partial charge in [-0.3, -0.25) is 4.79 Å². The van der Waals surface area contributed by atoms with Gasteiger partial charge < -0.3 is 14.9 Å². The number of nitrogens with zero attached hydrogens (tertiary/aromatic N) is 4. The molecule has 0 spiro atoms. The normalized spacial score (nSPS) is 12.7. The number of carboxylic acid groups (broad SMARTS) is 1. The lowest BCUT2D eigenvalue weighted by Gasteiger charge is -2.11. The van der Waals surface area contributed by atoms with Crippen LogP contribution in [0.4, 0.5) is 0 Å². The number of nitrogens with one attached hydrogen (secondary N) is 1. The van der Waals surface area contributed by atoms with Crippen molar-refractivity contribution in [3.8, 4) is 0 Å². The summed E-state index contributed by atoms with van der Waals surface area (Å²) < 4.78 is 5.15. The molecule has 0 aliphatic rings. The summed E-state index contributed by atoms with van der Waals surface area (Å²) in [4.78, 5) is 34.4. The minimum atomic E-state index is -1.21. The summed E-state index contributed by atoms with van der Waals surface area (Å²) in [6.45, 7) is 7.54. The second kappa shape index (κ2) is 6.11. The van der Waals surface area contributed by atoms with E-state index in [0.29, 0.717) is 5.82 Å². The topological polar surface area (TPSA) is 131 Å². The molecule has 0 saturated carbocycles. The predicted octanol–water partition coefficient (Wildman–Crippen LogP) is 1.35. The molecule has 9 heteroatoms. The van der Waals surface area contributed by atoms with Crippen LogP contribution in [-0.2, 0) is 5.41 Å². The summed E-state index contributed by atoms with van der Waals surface area (Å²) in [6.07, 6.45) is 2.12. The molecule has 122 valence electrons. The molecular weight excluding hydrogens is 302 g/mol. The zero-order chi connectivity index (χ0) is 17.2. The molecule has 0 fully saturated rings. The van der Waals surface area contributed by atoms with Crippen molar-refractivity contribution in [3.63, 3.8) is 0 Å². The minimum Gasteiger partial charge on any atom is -0.476 e. The maximum Gasteiger partial charge on any atom is 0.356 e. The van der Waals surface area contributed by atoms with Gasteiger partial charge in [0.05, 0.1) is 12.4 Å². The lowest BCUT2D eigenvalue weighted by molar-refractivity contribution is 0.0689. The molecule has 2 N–H and O–H groups in total. The molecule has 0 bridgehead atoms. The van der Waals surface area contributed by atoms with Crippen LogP contribution in [-0.4, -0.2) is 37.1 Å². The fourth-order valence-electron chi connectivity index (χ4n) is 1.60. The molecule has 0 radical (unpaired) electrons. The third-order valence-electron chi connectivity index (χ3n) is 2.93. The van der Waals surface area contributed by atoms with Crippen LogP contribution in [0.3, 0.4) is 0 Å². The van der Waals surface area contributed by atoms with Crippen LogP contribution in [0.5, 0.6) is 0 Å². The first kappa shape index (κ1) is 16.5. The zero-order valence-corrected chi connectivity index (χ0v) is 13.2. The van der Waals surface area contributed by atoms with Crippen LogP contribution in [0.1, 0.15) is 66.4 Å². The molecule has 0 aromatic carbocycles. The summed E-state index contributed by atoms with van der Waals surface area (Å²) >= 11 is 0. The van der Waals surface area contributed by atoms with E-state index in [9.17, 15) is 9.59 Å². The molecule has 2 heterocycles. The van der Waals surface area contributed by atoms with Crippen molar-refractivity contribution in [3.05, 3.63) is 35.5 Å². The van der Waals surface area contributed by atoms with Gasteiger partial charge in [-0.05, 0) is 6.92 Å². The highest BCUT2D eigenvalue weighted by Crippen LogP contribution is 2.20. The Kier molecular flexibility index (Phi) is 4.39. The first-order valence-corrected chi connectivity index (χ1v) is 6.89. The Labute approximate surface area is 132 Å². The van der Waals surface area contributed by atoms with Crippen molar-refractivity contribution in [2.75, 3.05) is 0 Å². The van der Waals surface area contributed by atoms with Gasteiger partial charge in [0.25, 0.3) is 5.91 Å². The van der Waals surface area contributed by atoms with E-state index in [1.807, 2.05) is 20.8 Å².